The summed E-state index contributed by atoms with van der Waals surface area (Å²) in [4.78, 5) is 39.6. The molecule has 2 aliphatic rings. The van der Waals surface area contributed by atoms with Gasteiger partial charge in [-0.2, -0.15) is 5.26 Å². The summed E-state index contributed by atoms with van der Waals surface area (Å²) in [6, 6.07) is 8.68. The molecule has 0 aromatic heterocycles. The molecule has 8 heteroatoms. The minimum Gasteiger partial charge on any atom is -0.324 e. The van der Waals surface area contributed by atoms with Crippen LogP contribution in [0.25, 0.3) is 0 Å². The van der Waals surface area contributed by atoms with E-state index in [-0.39, 0.29) is 24.1 Å². The Balaban J connectivity index is 1.69. The lowest BCUT2D eigenvalue weighted by Crippen LogP contribution is -2.54. The van der Waals surface area contributed by atoms with Crippen LogP contribution in [0.2, 0.25) is 0 Å². The lowest BCUT2D eigenvalue weighted by atomic mass is 9.73. The summed E-state index contributed by atoms with van der Waals surface area (Å²) in [5, 5.41) is 14.3. The number of benzene rings is 1. The number of hydrogen-bond acceptors (Lipinski definition) is 5. The predicted molar refractivity (Wildman–Crippen MR) is 102 cm³/mol. The van der Waals surface area contributed by atoms with E-state index < -0.39 is 17.5 Å². The molecular formula is C19H22N4O3S. The molecule has 142 valence electrons. The fraction of sp³-hybridized carbons (Fsp3) is 0.474. The first-order valence-electron chi connectivity index (χ1n) is 9.00. The maximum Gasteiger partial charge on any atom is 0.325 e. The van der Waals surface area contributed by atoms with Crippen molar-refractivity contribution in [3.8, 4) is 6.07 Å². The Labute approximate surface area is 162 Å². The molecule has 2 atom stereocenters. The van der Waals surface area contributed by atoms with E-state index in [4.69, 9.17) is 5.26 Å². The van der Waals surface area contributed by atoms with Crippen molar-refractivity contribution < 1.29 is 14.4 Å². The van der Waals surface area contributed by atoms with Crippen LogP contribution in [-0.4, -0.2) is 40.6 Å². The second-order valence-corrected chi connectivity index (χ2v) is 7.95. The van der Waals surface area contributed by atoms with Crippen molar-refractivity contribution in [2.45, 2.75) is 43.0 Å². The molecule has 4 amide bonds. The zero-order chi connectivity index (χ0) is 19.4. The van der Waals surface area contributed by atoms with E-state index in [1.807, 2.05) is 25.1 Å². The number of nitriles is 1. The number of anilines is 1. The highest BCUT2D eigenvalue weighted by molar-refractivity contribution is 7.99. The number of thioether (sulfide) groups is 1. The molecule has 1 saturated heterocycles. The number of nitrogens with one attached hydrogen (secondary N) is 2. The Bertz CT molecular complexity index is 806. The molecule has 1 aromatic rings. The van der Waals surface area contributed by atoms with E-state index >= 15 is 0 Å². The molecule has 1 aliphatic carbocycles. The van der Waals surface area contributed by atoms with Crippen molar-refractivity contribution in [3.05, 3.63) is 24.3 Å². The number of amides is 4. The van der Waals surface area contributed by atoms with Crippen LogP contribution >= 0.6 is 11.8 Å². The number of rotatable bonds is 5. The van der Waals surface area contributed by atoms with Crippen LogP contribution in [0.1, 0.15) is 32.6 Å². The predicted octanol–water partition coefficient (Wildman–Crippen LogP) is 2.74. The Morgan fingerprint density at radius 1 is 1.41 bits per heavy atom. The molecule has 1 spiro atoms. The van der Waals surface area contributed by atoms with Gasteiger partial charge in [0.25, 0.3) is 5.91 Å². The van der Waals surface area contributed by atoms with E-state index in [2.05, 4.69) is 10.6 Å². The molecule has 2 unspecified atom stereocenters. The number of carbonyl (C=O) groups is 3. The van der Waals surface area contributed by atoms with Gasteiger partial charge in [-0.05, 0) is 30.9 Å². The largest absolute Gasteiger partial charge is 0.325 e. The molecule has 0 radical (unpaired) electrons. The molecule has 7 nitrogen and oxygen atoms in total. The zero-order valence-electron chi connectivity index (χ0n) is 15.2. The van der Waals surface area contributed by atoms with Gasteiger partial charge in [-0.3, -0.25) is 14.5 Å². The van der Waals surface area contributed by atoms with E-state index in [0.717, 1.165) is 29.1 Å². The molecule has 27 heavy (non-hydrogen) atoms. The maximum absolute atomic E-state index is 12.9. The highest BCUT2D eigenvalue weighted by Gasteiger charge is 2.55. The second-order valence-electron chi connectivity index (χ2n) is 6.93. The monoisotopic (exact) mass is 386 g/mol. The normalized spacial score (nSPS) is 24.6. The topological polar surface area (TPSA) is 102 Å². The quantitative estimate of drug-likeness (QED) is 0.598. The van der Waals surface area contributed by atoms with Crippen LogP contribution in [0.5, 0.6) is 0 Å². The highest BCUT2D eigenvalue weighted by Crippen LogP contribution is 2.38. The second kappa shape index (κ2) is 8.01. The third kappa shape index (κ3) is 3.78. The van der Waals surface area contributed by atoms with Gasteiger partial charge in [0.1, 0.15) is 12.1 Å². The number of urea groups is 1. The average molecular weight is 386 g/mol. The van der Waals surface area contributed by atoms with E-state index in [1.54, 1.807) is 12.1 Å². The van der Waals surface area contributed by atoms with Crippen molar-refractivity contribution in [2.75, 3.05) is 17.6 Å². The molecule has 1 saturated carbocycles. The summed E-state index contributed by atoms with van der Waals surface area (Å²) >= 11 is 1.32. The van der Waals surface area contributed by atoms with E-state index in [0.29, 0.717) is 12.1 Å². The number of carbonyl (C=O) groups excluding carboxylic acids is 3. The van der Waals surface area contributed by atoms with Gasteiger partial charge in [0.2, 0.25) is 5.91 Å². The van der Waals surface area contributed by atoms with Crippen LogP contribution in [0.4, 0.5) is 10.5 Å². The van der Waals surface area contributed by atoms with Crippen LogP contribution in [-0.2, 0) is 9.59 Å². The fourth-order valence-electron chi connectivity index (χ4n) is 3.78. The van der Waals surface area contributed by atoms with E-state index in [1.165, 1.54) is 11.8 Å². The van der Waals surface area contributed by atoms with Crippen LogP contribution in [0, 0.1) is 17.2 Å². The number of nitrogens with zero attached hydrogens (tertiary/aromatic N) is 2. The van der Waals surface area contributed by atoms with Gasteiger partial charge in [0.15, 0.2) is 0 Å². The summed E-state index contributed by atoms with van der Waals surface area (Å²) in [5.74, 6) is -0.426. The van der Waals surface area contributed by atoms with Crippen LogP contribution in [0.3, 0.4) is 0 Å². The molecule has 1 aromatic carbocycles. The third-order valence-electron chi connectivity index (χ3n) is 5.26. The first kappa shape index (κ1) is 19.2. The van der Waals surface area contributed by atoms with Gasteiger partial charge in [-0.15, -0.1) is 11.8 Å². The molecular weight excluding hydrogens is 364 g/mol. The third-order valence-corrected chi connectivity index (χ3v) is 6.20. The number of hydrogen-bond donors (Lipinski definition) is 2. The van der Waals surface area contributed by atoms with Gasteiger partial charge in [-0.1, -0.05) is 31.9 Å². The molecule has 3 rings (SSSR count). The first-order chi connectivity index (χ1) is 13.0. The van der Waals surface area contributed by atoms with Crippen LogP contribution in [0.15, 0.2) is 29.2 Å². The van der Waals surface area contributed by atoms with Crippen molar-refractivity contribution in [1.82, 2.24) is 10.2 Å². The summed E-state index contributed by atoms with van der Waals surface area (Å²) in [7, 11) is 0. The average Bonchev–Trinajstić information content (AvgIpc) is 2.88. The first-order valence-corrected chi connectivity index (χ1v) is 9.99. The Hall–Kier alpha value is -2.53. The van der Waals surface area contributed by atoms with Crippen LogP contribution < -0.4 is 10.6 Å². The van der Waals surface area contributed by atoms with Gasteiger partial charge < -0.3 is 10.6 Å². The molecule has 1 heterocycles. The van der Waals surface area contributed by atoms with Gasteiger partial charge in [0.05, 0.1) is 17.5 Å². The number of para-hydroxylation sites is 1. The standard InChI is InChI=1S/C19H22N4O3S/c1-13-6-4-5-9-19(13)17(25)23(18(26)22-19)12-16(24)21-14-7-2-3-8-15(14)27-11-10-20/h2-3,7-8,13H,4-6,9,11-12H2,1H3,(H,21,24)(H,22,26). The fourth-order valence-corrected chi connectivity index (χ4v) is 4.45. The van der Waals surface area contributed by atoms with Crippen molar-refractivity contribution in [3.63, 3.8) is 0 Å². The Morgan fingerprint density at radius 2 is 2.19 bits per heavy atom. The van der Waals surface area contributed by atoms with Gasteiger partial charge >= 0.3 is 6.03 Å². The SMILES string of the molecule is CC1CCCCC12NC(=O)N(CC(=O)Nc1ccccc1SCC#N)C2=O. The minimum absolute atomic E-state index is 0.0545. The maximum atomic E-state index is 12.9. The summed E-state index contributed by atoms with van der Waals surface area (Å²) in [6.45, 7) is 1.65. The summed E-state index contributed by atoms with van der Waals surface area (Å²) < 4.78 is 0. The molecule has 1 aliphatic heterocycles. The lowest BCUT2D eigenvalue weighted by molar-refractivity contribution is -0.136. The van der Waals surface area contributed by atoms with Crippen molar-refractivity contribution >= 4 is 35.3 Å². The molecule has 2 N–H and O–H groups in total. The van der Waals surface area contributed by atoms with E-state index in [9.17, 15) is 14.4 Å². The van der Waals surface area contributed by atoms with Crippen molar-refractivity contribution in [2.24, 2.45) is 5.92 Å². The Kier molecular flexibility index (Phi) is 5.71. The van der Waals surface area contributed by atoms with Gasteiger partial charge in [0, 0.05) is 4.90 Å². The van der Waals surface area contributed by atoms with Gasteiger partial charge in [-0.25, -0.2) is 4.79 Å². The smallest absolute Gasteiger partial charge is 0.324 e. The lowest BCUT2D eigenvalue weighted by Gasteiger charge is -2.36. The highest BCUT2D eigenvalue weighted by atomic mass is 32.2. The summed E-state index contributed by atoms with van der Waals surface area (Å²) in [5.41, 5.74) is -0.300. The molecule has 0 bridgehead atoms. The minimum atomic E-state index is -0.865. The Morgan fingerprint density at radius 3 is 2.93 bits per heavy atom. The summed E-state index contributed by atoms with van der Waals surface area (Å²) in [6.07, 6.45) is 3.43. The van der Waals surface area contributed by atoms with Crippen molar-refractivity contribution in [1.29, 1.82) is 5.26 Å². The molecule has 2 fully saturated rings. The number of imide groups is 1. The zero-order valence-corrected chi connectivity index (χ0v) is 16.0.